The van der Waals surface area contributed by atoms with Crippen LogP contribution in [0.2, 0.25) is 0 Å². The van der Waals surface area contributed by atoms with Gasteiger partial charge in [-0.05, 0) is 56.0 Å². The molecule has 1 heterocycles. The van der Waals surface area contributed by atoms with Crippen molar-refractivity contribution in [2.24, 2.45) is 12.9 Å². The van der Waals surface area contributed by atoms with Crippen molar-refractivity contribution < 1.29 is 4.39 Å². The molecule has 0 aliphatic rings. The molecule has 0 fully saturated rings. The molecule has 2 rings (SSSR count). The van der Waals surface area contributed by atoms with E-state index in [1.54, 1.807) is 6.07 Å². The van der Waals surface area contributed by atoms with Crippen molar-refractivity contribution >= 4 is 15.9 Å². The van der Waals surface area contributed by atoms with Crippen molar-refractivity contribution in [3.8, 4) is 0 Å². The maximum atomic E-state index is 13.4. The molecule has 0 amide bonds. The van der Waals surface area contributed by atoms with Crippen LogP contribution in [-0.2, 0) is 19.9 Å². The van der Waals surface area contributed by atoms with E-state index in [9.17, 15) is 4.39 Å². The highest BCUT2D eigenvalue weighted by Crippen LogP contribution is 2.21. The zero-order chi connectivity index (χ0) is 15.6. The van der Waals surface area contributed by atoms with E-state index in [0.717, 1.165) is 27.8 Å². The number of rotatable bonds is 5. The molecule has 4 nitrogen and oxygen atoms in total. The van der Waals surface area contributed by atoms with Crippen molar-refractivity contribution in [2.45, 2.75) is 32.7 Å². The highest BCUT2D eigenvalue weighted by molar-refractivity contribution is 9.10. The highest BCUT2D eigenvalue weighted by atomic mass is 79.9. The molecule has 0 bridgehead atoms. The first kappa shape index (κ1) is 16.1. The predicted octanol–water partition coefficient (Wildman–Crippen LogP) is 2.56. The summed E-state index contributed by atoms with van der Waals surface area (Å²) >= 11 is 3.45. The monoisotopic (exact) mass is 354 g/mol. The zero-order valence-corrected chi connectivity index (χ0v) is 14.0. The molecule has 3 N–H and O–H groups in total. The highest BCUT2D eigenvalue weighted by Gasteiger charge is 2.17. The lowest BCUT2D eigenvalue weighted by molar-refractivity contribution is 0.517. The smallest absolute Gasteiger partial charge is 0.123 e. The number of nitrogens with zero attached hydrogens (tertiary/aromatic N) is 2. The Morgan fingerprint density at radius 1 is 1.38 bits per heavy atom. The van der Waals surface area contributed by atoms with Crippen LogP contribution in [0.25, 0.3) is 0 Å². The number of hydrazine groups is 1. The number of hydrogen-bond acceptors (Lipinski definition) is 3. The van der Waals surface area contributed by atoms with Crippen LogP contribution < -0.4 is 11.3 Å². The lowest BCUT2D eigenvalue weighted by Gasteiger charge is -2.17. The maximum Gasteiger partial charge on any atom is 0.123 e. The molecule has 0 aliphatic heterocycles. The van der Waals surface area contributed by atoms with Crippen LogP contribution in [0.4, 0.5) is 4.39 Å². The van der Waals surface area contributed by atoms with Gasteiger partial charge >= 0.3 is 0 Å². The van der Waals surface area contributed by atoms with E-state index >= 15 is 0 Å². The molecule has 1 unspecified atom stereocenters. The largest absolute Gasteiger partial charge is 0.272 e. The summed E-state index contributed by atoms with van der Waals surface area (Å²) in [6, 6.07) is 4.72. The summed E-state index contributed by atoms with van der Waals surface area (Å²) in [5.74, 6) is 5.44. The molecule has 0 radical (unpaired) electrons. The van der Waals surface area contributed by atoms with Gasteiger partial charge in [0.15, 0.2) is 0 Å². The number of benzene rings is 1. The third-order valence-electron chi connectivity index (χ3n) is 3.82. The normalized spacial score (nSPS) is 12.7. The summed E-state index contributed by atoms with van der Waals surface area (Å²) in [6.07, 6.45) is 1.40. The molecular formula is C15H20BrFN4. The molecule has 1 atom stereocenters. The summed E-state index contributed by atoms with van der Waals surface area (Å²) in [6.45, 7) is 4.04. The Labute approximate surface area is 132 Å². The first-order valence-electron chi connectivity index (χ1n) is 6.81. The minimum Gasteiger partial charge on any atom is -0.272 e. The van der Waals surface area contributed by atoms with Crippen molar-refractivity contribution in [3.63, 3.8) is 0 Å². The number of nitrogens with one attached hydrogen (secondary N) is 1. The third-order valence-corrected chi connectivity index (χ3v) is 4.59. The maximum absolute atomic E-state index is 13.4. The van der Waals surface area contributed by atoms with E-state index in [1.807, 2.05) is 25.6 Å². The van der Waals surface area contributed by atoms with Crippen molar-refractivity contribution in [3.05, 3.63) is 51.0 Å². The standard InChI is InChI=1S/C15H20BrFN4/c1-9-14(10(2)21(3)20-9)8-13(19-18)7-11-6-12(17)4-5-15(11)16/h4-6,13,19H,7-8,18H2,1-3H3. The van der Waals surface area contributed by atoms with Gasteiger partial charge in [0.25, 0.3) is 0 Å². The van der Waals surface area contributed by atoms with Crippen LogP contribution in [0.1, 0.15) is 22.5 Å². The number of aromatic nitrogens is 2. The first-order chi connectivity index (χ1) is 9.92. The molecule has 114 valence electrons. The Hall–Kier alpha value is -1.24. The van der Waals surface area contributed by atoms with Crippen LogP contribution in [0.15, 0.2) is 22.7 Å². The SMILES string of the molecule is Cc1nn(C)c(C)c1CC(Cc1cc(F)ccc1Br)NN. The van der Waals surface area contributed by atoms with Crippen LogP contribution >= 0.6 is 15.9 Å². The Morgan fingerprint density at radius 2 is 2.10 bits per heavy atom. The van der Waals surface area contributed by atoms with Crippen LogP contribution in [0, 0.1) is 19.7 Å². The predicted molar refractivity (Wildman–Crippen MR) is 85.3 cm³/mol. The fraction of sp³-hybridized carbons (Fsp3) is 0.400. The van der Waals surface area contributed by atoms with Gasteiger partial charge in [0.05, 0.1) is 5.69 Å². The molecular weight excluding hydrogens is 335 g/mol. The van der Waals surface area contributed by atoms with E-state index in [-0.39, 0.29) is 11.9 Å². The molecule has 0 saturated carbocycles. The van der Waals surface area contributed by atoms with Crippen molar-refractivity contribution in [1.29, 1.82) is 0 Å². The molecule has 0 spiro atoms. The van der Waals surface area contributed by atoms with Crippen molar-refractivity contribution in [2.75, 3.05) is 0 Å². The molecule has 1 aromatic heterocycles. The van der Waals surface area contributed by atoms with Gasteiger partial charge in [0.1, 0.15) is 5.82 Å². The summed E-state index contributed by atoms with van der Waals surface area (Å²) in [5.41, 5.74) is 7.06. The average Bonchev–Trinajstić information content (AvgIpc) is 2.68. The van der Waals surface area contributed by atoms with Gasteiger partial charge in [-0.3, -0.25) is 16.0 Å². The van der Waals surface area contributed by atoms with Gasteiger partial charge in [-0.15, -0.1) is 0 Å². The van der Waals surface area contributed by atoms with E-state index in [1.165, 1.54) is 17.7 Å². The summed E-state index contributed by atoms with van der Waals surface area (Å²) < 4.78 is 16.1. The average molecular weight is 355 g/mol. The molecule has 6 heteroatoms. The van der Waals surface area contributed by atoms with Crippen molar-refractivity contribution in [1.82, 2.24) is 15.2 Å². The minimum absolute atomic E-state index is 0.0182. The van der Waals surface area contributed by atoms with Gasteiger partial charge in [-0.25, -0.2) is 4.39 Å². The van der Waals surface area contributed by atoms with E-state index < -0.39 is 0 Å². The van der Waals surface area contributed by atoms with Gasteiger partial charge in [0.2, 0.25) is 0 Å². The van der Waals surface area contributed by atoms with E-state index in [4.69, 9.17) is 5.84 Å². The van der Waals surface area contributed by atoms with E-state index in [0.29, 0.717) is 6.42 Å². The summed E-state index contributed by atoms with van der Waals surface area (Å²) in [7, 11) is 1.93. The number of aryl methyl sites for hydroxylation is 2. The summed E-state index contributed by atoms with van der Waals surface area (Å²) in [5, 5.41) is 4.42. The number of halogens is 2. The lowest BCUT2D eigenvalue weighted by atomic mass is 9.98. The molecule has 2 aromatic rings. The van der Waals surface area contributed by atoms with Gasteiger partial charge < -0.3 is 0 Å². The van der Waals surface area contributed by atoms with Crippen LogP contribution in [0.5, 0.6) is 0 Å². The second-order valence-electron chi connectivity index (χ2n) is 5.28. The Bertz CT molecular complexity index is 639. The molecule has 0 aliphatic carbocycles. The summed E-state index contributed by atoms with van der Waals surface area (Å²) in [4.78, 5) is 0. The topological polar surface area (TPSA) is 55.9 Å². The zero-order valence-electron chi connectivity index (χ0n) is 12.5. The quantitative estimate of drug-likeness (QED) is 0.640. The molecule has 0 saturated heterocycles. The minimum atomic E-state index is -0.238. The van der Waals surface area contributed by atoms with Crippen LogP contribution in [0.3, 0.4) is 0 Å². The number of hydrogen-bond donors (Lipinski definition) is 2. The second-order valence-corrected chi connectivity index (χ2v) is 6.13. The fourth-order valence-corrected chi connectivity index (χ4v) is 2.92. The van der Waals surface area contributed by atoms with Gasteiger partial charge in [-0.2, -0.15) is 5.10 Å². The molecule has 1 aromatic carbocycles. The lowest BCUT2D eigenvalue weighted by Crippen LogP contribution is -2.38. The second kappa shape index (κ2) is 6.68. The van der Waals surface area contributed by atoms with Crippen LogP contribution in [-0.4, -0.2) is 15.8 Å². The Morgan fingerprint density at radius 3 is 2.67 bits per heavy atom. The number of nitrogens with two attached hydrogens (primary N) is 1. The van der Waals surface area contributed by atoms with E-state index in [2.05, 4.69) is 26.5 Å². The molecule has 21 heavy (non-hydrogen) atoms. The third kappa shape index (κ3) is 3.70. The van der Waals surface area contributed by atoms with Gasteiger partial charge in [0, 0.05) is 23.3 Å². The first-order valence-corrected chi connectivity index (χ1v) is 7.60. The Kier molecular flexibility index (Phi) is 5.13. The fourth-order valence-electron chi connectivity index (χ4n) is 2.51. The Balaban J connectivity index is 2.19. The van der Waals surface area contributed by atoms with Gasteiger partial charge in [-0.1, -0.05) is 15.9 Å².